The van der Waals surface area contributed by atoms with Crippen LogP contribution in [0.4, 0.5) is 0 Å². The van der Waals surface area contributed by atoms with Crippen molar-refractivity contribution in [1.29, 1.82) is 0 Å². The van der Waals surface area contributed by atoms with Crippen LogP contribution < -0.4 is 5.32 Å². The molecule has 4 heteroatoms. The number of carbonyl (C=O) groups excluding carboxylic acids is 1. The van der Waals surface area contributed by atoms with Gasteiger partial charge in [0.2, 0.25) is 5.91 Å². The molecule has 1 saturated carbocycles. The monoisotopic (exact) mass is 226 g/mol. The fourth-order valence-electron chi connectivity index (χ4n) is 2.45. The molecule has 92 valence electrons. The van der Waals surface area contributed by atoms with E-state index in [4.69, 9.17) is 4.74 Å². The second-order valence-corrected chi connectivity index (χ2v) is 4.87. The number of rotatable bonds is 4. The van der Waals surface area contributed by atoms with E-state index >= 15 is 0 Å². The Labute approximate surface area is 97.3 Å². The van der Waals surface area contributed by atoms with Crippen LogP contribution in [0, 0.1) is 5.92 Å². The van der Waals surface area contributed by atoms with E-state index in [1.165, 1.54) is 19.3 Å². The molecular weight excluding hydrogens is 204 g/mol. The average Bonchev–Trinajstić information content (AvgIpc) is 2.24. The van der Waals surface area contributed by atoms with Crippen LogP contribution in [0.25, 0.3) is 0 Å². The predicted molar refractivity (Wildman–Crippen MR) is 62.2 cm³/mol. The first-order valence-corrected chi connectivity index (χ1v) is 6.33. The van der Waals surface area contributed by atoms with Crippen molar-refractivity contribution in [3.63, 3.8) is 0 Å². The first-order chi connectivity index (χ1) is 7.81. The van der Waals surface area contributed by atoms with Gasteiger partial charge in [-0.2, -0.15) is 0 Å². The molecule has 0 radical (unpaired) electrons. The SMILES string of the molecule is CNCC1COCCN1C(=O)CC1CCC1. The van der Waals surface area contributed by atoms with E-state index in [2.05, 4.69) is 5.32 Å². The lowest BCUT2D eigenvalue weighted by atomic mass is 9.82. The highest BCUT2D eigenvalue weighted by atomic mass is 16.5. The Morgan fingerprint density at radius 1 is 1.50 bits per heavy atom. The van der Waals surface area contributed by atoms with E-state index in [-0.39, 0.29) is 6.04 Å². The summed E-state index contributed by atoms with van der Waals surface area (Å²) < 4.78 is 5.43. The number of hydrogen-bond donors (Lipinski definition) is 1. The molecule has 1 saturated heterocycles. The van der Waals surface area contributed by atoms with Crippen LogP contribution in [-0.2, 0) is 9.53 Å². The third kappa shape index (κ3) is 2.74. The third-order valence-corrected chi connectivity index (χ3v) is 3.68. The molecule has 0 aromatic carbocycles. The van der Waals surface area contributed by atoms with Crippen molar-refractivity contribution >= 4 is 5.91 Å². The van der Waals surface area contributed by atoms with Gasteiger partial charge in [-0.25, -0.2) is 0 Å². The fraction of sp³-hybridized carbons (Fsp3) is 0.917. The lowest BCUT2D eigenvalue weighted by Crippen LogP contribution is -2.52. The van der Waals surface area contributed by atoms with Crippen molar-refractivity contribution in [1.82, 2.24) is 10.2 Å². The maximum Gasteiger partial charge on any atom is 0.223 e. The number of ether oxygens (including phenoxy) is 1. The summed E-state index contributed by atoms with van der Waals surface area (Å²) in [5, 5.41) is 3.13. The Balaban J connectivity index is 1.85. The second-order valence-electron chi connectivity index (χ2n) is 4.87. The Hall–Kier alpha value is -0.610. The van der Waals surface area contributed by atoms with Gasteiger partial charge in [0.15, 0.2) is 0 Å². The molecule has 1 aliphatic heterocycles. The van der Waals surface area contributed by atoms with Gasteiger partial charge < -0.3 is 15.0 Å². The number of carbonyl (C=O) groups is 1. The van der Waals surface area contributed by atoms with Crippen LogP contribution in [0.5, 0.6) is 0 Å². The lowest BCUT2D eigenvalue weighted by molar-refractivity contribution is -0.141. The summed E-state index contributed by atoms with van der Waals surface area (Å²) in [6, 6.07) is 0.228. The van der Waals surface area contributed by atoms with E-state index in [1.54, 1.807) is 0 Å². The van der Waals surface area contributed by atoms with Crippen LogP contribution in [0.15, 0.2) is 0 Å². The Bertz CT molecular complexity index is 239. The zero-order chi connectivity index (χ0) is 11.4. The van der Waals surface area contributed by atoms with Crippen molar-refractivity contribution in [3.05, 3.63) is 0 Å². The maximum absolute atomic E-state index is 12.1. The lowest BCUT2D eigenvalue weighted by Gasteiger charge is -2.37. The molecule has 2 rings (SSSR count). The maximum atomic E-state index is 12.1. The summed E-state index contributed by atoms with van der Waals surface area (Å²) in [4.78, 5) is 14.1. The minimum atomic E-state index is 0.228. The largest absolute Gasteiger partial charge is 0.377 e. The number of amides is 1. The van der Waals surface area contributed by atoms with Gasteiger partial charge >= 0.3 is 0 Å². The van der Waals surface area contributed by atoms with Crippen LogP contribution in [-0.4, -0.2) is 50.2 Å². The molecule has 1 unspecified atom stereocenters. The summed E-state index contributed by atoms with van der Waals surface area (Å²) >= 11 is 0. The average molecular weight is 226 g/mol. The minimum absolute atomic E-state index is 0.228. The van der Waals surface area contributed by atoms with Gasteiger partial charge in [-0.15, -0.1) is 0 Å². The molecule has 1 amide bonds. The second kappa shape index (κ2) is 5.64. The molecule has 0 spiro atoms. The van der Waals surface area contributed by atoms with E-state index in [0.29, 0.717) is 25.0 Å². The summed E-state index contributed by atoms with van der Waals surface area (Å²) in [6.45, 7) is 2.96. The molecule has 0 aromatic heterocycles. The van der Waals surface area contributed by atoms with Crippen LogP contribution in [0.3, 0.4) is 0 Å². The molecule has 1 atom stereocenters. The summed E-state index contributed by atoms with van der Waals surface area (Å²) in [5.74, 6) is 0.985. The van der Waals surface area contributed by atoms with Crippen molar-refractivity contribution < 1.29 is 9.53 Å². The van der Waals surface area contributed by atoms with Gasteiger partial charge in [0, 0.05) is 19.5 Å². The highest BCUT2D eigenvalue weighted by Crippen LogP contribution is 2.30. The Morgan fingerprint density at radius 2 is 2.31 bits per heavy atom. The van der Waals surface area contributed by atoms with E-state index < -0.39 is 0 Å². The number of morpholine rings is 1. The molecule has 2 fully saturated rings. The Kier molecular flexibility index (Phi) is 4.18. The molecule has 1 heterocycles. The van der Waals surface area contributed by atoms with Gasteiger partial charge in [-0.1, -0.05) is 6.42 Å². The summed E-state index contributed by atoms with van der Waals surface area (Å²) in [7, 11) is 1.92. The highest BCUT2D eigenvalue weighted by molar-refractivity contribution is 5.77. The molecule has 4 nitrogen and oxygen atoms in total. The van der Waals surface area contributed by atoms with Crippen LogP contribution in [0.1, 0.15) is 25.7 Å². The molecule has 1 aliphatic carbocycles. The molecule has 2 aliphatic rings. The van der Waals surface area contributed by atoms with Gasteiger partial charge in [0.1, 0.15) is 0 Å². The number of likely N-dealkylation sites (N-methyl/N-ethyl adjacent to an activating group) is 1. The van der Waals surface area contributed by atoms with Crippen LogP contribution >= 0.6 is 0 Å². The highest BCUT2D eigenvalue weighted by Gasteiger charge is 2.29. The quantitative estimate of drug-likeness (QED) is 0.764. The summed E-state index contributed by atoms with van der Waals surface area (Å²) in [5.41, 5.74) is 0. The number of nitrogens with zero attached hydrogens (tertiary/aromatic N) is 1. The minimum Gasteiger partial charge on any atom is -0.377 e. The first kappa shape index (κ1) is 11.9. The first-order valence-electron chi connectivity index (χ1n) is 6.33. The number of hydrogen-bond acceptors (Lipinski definition) is 3. The van der Waals surface area contributed by atoms with Crippen LogP contribution in [0.2, 0.25) is 0 Å². The molecule has 16 heavy (non-hydrogen) atoms. The smallest absolute Gasteiger partial charge is 0.223 e. The normalized spacial score (nSPS) is 26.6. The van der Waals surface area contributed by atoms with E-state index in [0.717, 1.165) is 19.5 Å². The summed E-state index contributed by atoms with van der Waals surface area (Å²) in [6.07, 6.45) is 4.54. The standard InChI is InChI=1S/C12H22N2O2/c1-13-8-11-9-16-6-5-14(11)12(15)7-10-3-2-4-10/h10-11,13H,2-9H2,1H3. The topological polar surface area (TPSA) is 41.6 Å². The molecule has 0 aromatic rings. The zero-order valence-corrected chi connectivity index (χ0v) is 10.1. The number of nitrogens with one attached hydrogen (secondary N) is 1. The van der Waals surface area contributed by atoms with Gasteiger partial charge in [-0.05, 0) is 25.8 Å². The molecular formula is C12H22N2O2. The van der Waals surface area contributed by atoms with Crippen molar-refractivity contribution in [2.24, 2.45) is 5.92 Å². The van der Waals surface area contributed by atoms with Gasteiger partial charge in [0.25, 0.3) is 0 Å². The molecule has 0 bridgehead atoms. The fourth-order valence-corrected chi connectivity index (χ4v) is 2.45. The zero-order valence-electron chi connectivity index (χ0n) is 10.1. The van der Waals surface area contributed by atoms with Crippen molar-refractivity contribution in [2.45, 2.75) is 31.7 Å². The van der Waals surface area contributed by atoms with Gasteiger partial charge in [-0.3, -0.25) is 4.79 Å². The van der Waals surface area contributed by atoms with Crippen molar-refractivity contribution in [3.8, 4) is 0 Å². The molecule has 1 N–H and O–H groups in total. The Morgan fingerprint density at radius 3 is 2.94 bits per heavy atom. The van der Waals surface area contributed by atoms with E-state index in [1.807, 2.05) is 11.9 Å². The van der Waals surface area contributed by atoms with Gasteiger partial charge in [0.05, 0.1) is 19.3 Å². The third-order valence-electron chi connectivity index (χ3n) is 3.68. The van der Waals surface area contributed by atoms with E-state index in [9.17, 15) is 4.79 Å². The van der Waals surface area contributed by atoms with Crippen molar-refractivity contribution in [2.75, 3.05) is 33.4 Å². The predicted octanol–water partition coefficient (Wildman–Crippen LogP) is 0.623.